The number of nitrogens with zero attached hydrogens (tertiary/aromatic N) is 3. The van der Waals surface area contributed by atoms with E-state index in [1.165, 1.54) is 12.8 Å². The number of hydrogen-bond donors (Lipinski definition) is 0. The molecule has 5 nitrogen and oxygen atoms in total. The Kier molecular flexibility index (Phi) is 7.52. The van der Waals surface area contributed by atoms with E-state index in [1.54, 1.807) is 0 Å². The molecule has 0 radical (unpaired) electrons. The fourth-order valence-corrected chi connectivity index (χ4v) is 5.06. The van der Waals surface area contributed by atoms with Gasteiger partial charge in [-0.05, 0) is 50.8 Å². The molecule has 1 aliphatic carbocycles. The highest BCUT2D eigenvalue weighted by molar-refractivity contribution is 9.10. The quantitative estimate of drug-likeness (QED) is 0.665. The van der Waals surface area contributed by atoms with E-state index in [1.807, 2.05) is 34.1 Å². The Balaban J connectivity index is 1.67. The zero-order valence-corrected chi connectivity index (χ0v) is 18.7. The van der Waals surface area contributed by atoms with E-state index in [4.69, 9.17) is 0 Å². The van der Waals surface area contributed by atoms with E-state index in [2.05, 4.69) is 34.7 Å². The zero-order chi connectivity index (χ0) is 20.1. The molecule has 28 heavy (non-hydrogen) atoms. The van der Waals surface area contributed by atoms with Crippen LogP contribution in [0, 0.1) is 5.92 Å². The van der Waals surface area contributed by atoms with Crippen LogP contribution in [0.3, 0.4) is 0 Å². The molecule has 1 heterocycles. The molecule has 1 saturated heterocycles. The van der Waals surface area contributed by atoms with E-state index in [9.17, 15) is 9.59 Å². The SMILES string of the molecule is CCN(CC)C(=O)[C@@H](C1CCCC1)N1CCN(C(=O)c2cccc(Br)c2)CC1. The Hall–Kier alpha value is -1.40. The van der Waals surface area contributed by atoms with Crippen molar-refractivity contribution in [2.45, 2.75) is 45.6 Å². The van der Waals surface area contributed by atoms with Gasteiger partial charge in [-0.25, -0.2) is 0 Å². The van der Waals surface area contributed by atoms with Crippen LogP contribution in [-0.2, 0) is 4.79 Å². The van der Waals surface area contributed by atoms with E-state index in [-0.39, 0.29) is 17.9 Å². The Labute approximate surface area is 177 Å². The number of amides is 2. The number of piperazine rings is 1. The van der Waals surface area contributed by atoms with Crippen LogP contribution in [0.5, 0.6) is 0 Å². The summed E-state index contributed by atoms with van der Waals surface area (Å²) in [6, 6.07) is 7.54. The van der Waals surface area contributed by atoms with Crippen molar-refractivity contribution in [3.05, 3.63) is 34.3 Å². The first-order chi connectivity index (χ1) is 13.5. The predicted molar refractivity (Wildman–Crippen MR) is 115 cm³/mol. The molecule has 1 aliphatic heterocycles. The van der Waals surface area contributed by atoms with Crippen molar-refractivity contribution in [1.29, 1.82) is 0 Å². The summed E-state index contributed by atoms with van der Waals surface area (Å²) in [5.74, 6) is 0.817. The number of carbonyl (C=O) groups excluding carboxylic acids is 2. The topological polar surface area (TPSA) is 43.9 Å². The van der Waals surface area contributed by atoms with Gasteiger partial charge in [0.25, 0.3) is 5.91 Å². The molecule has 0 aromatic heterocycles. The fraction of sp³-hybridized carbons (Fsp3) is 0.636. The van der Waals surface area contributed by atoms with Gasteiger partial charge in [0.15, 0.2) is 0 Å². The van der Waals surface area contributed by atoms with Crippen LogP contribution in [0.1, 0.15) is 49.9 Å². The summed E-state index contributed by atoms with van der Waals surface area (Å²) in [5.41, 5.74) is 0.717. The first kappa shape index (κ1) is 21.3. The van der Waals surface area contributed by atoms with Crippen LogP contribution >= 0.6 is 15.9 Å². The second-order valence-electron chi connectivity index (χ2n) is 7.84. The van der Waals surface area contributed by atoms with Gasteiger partial charge < -0.3 is 9.80 Å². The molecular weight excluding hydrogens is 418 g/mol. The summed E-state index contributed by atoms with van der Waals surface area (Å²) >= 11 is 3.44. The van der Waals surface area contributed by atoms with Gasteiger partial charge in [-0.15, -0.1) is 0 Å². The lowest BCUT2D eigenvalue weighted by molar-refractivity contribution is -0.139. The van der Waals surface area contributed by atoms with E-state index < -0.39 is 0 Å². The fourth-order valence-electron chi connectivity index (χ4n) is 4.66. The highest BCUT2D eigenvalue weighted by Crippen LogP contribution is 2.32. The smallest absolute Gasteiger partial charge is 0.253 e. The summed E-state index contributed by atoms with van der Waals surface area (Å²) in [7, 11) is 0. The van der Waals surface area contributed by atoms with Crippen LogP contribution in [0.25, 0.3) is 0 Å². The van der Waals surface area contributed by atoms with Crippen LogP contribution in [0.15, 0.2) is 28.7 Å². The lowest BCUT2D eigenvalue weighted by Gasteiger charge is -2.42. The van der Waals surface area contributed by atoms with Gasteiger partial charge in [0.2, 0.25) is 5.91 Å². The van der Waals surface area contributed by atoms with Crippen molar-refractivity contribution in [2.75, 3.05) is 39.3 Å². The van der Waals surface area contributed by atoms with Crippen molar-refractivity contribution in [3.8, 4) is 0 Å². The van der Waals surface area contributed by atoms with Gasteiger partial charge in [-0.3, -0.25) is 14.5 Å². The third-order valence-corrected chi connectivity index (χ3v) is 6.73. The van der Waals surface area contributed by atoms with Crippen LogP contribution < -0.4 is 0 Å². The Morgan fingerprint density at radius 2 is 1.75 bits per heavy atom. The number of hydrogen-bond acceptors (Lipinski definition) is 3. The molecule has 1 aromatic carbocycles. The average molecular weight is 450 g/mol. The number of carbonyl (C=O) groups is 2. The summed E-state index contributed by atoms with van der Waals surface area (Å²) in [6.45, 7) is 8.55. The molecule has 3 rings (SSSR count). The number of likely N-dealkylation sites (N-methyl/N-ethyl adjacent to an activating group) is 1. The van der Waals surface area contributed by atoms with Crippen LogP contribution in [0.2, 0.25) is 0 Å². The highest BCUT2D eigenvalue weighted by Gasteiger charge is 2.38. The first-order valence-corrected chi connectivity index (χ1v) is 11.4. The monoisotopic (exact) mass is 449 g/mol. The van der Waals surface area contributed by atoms with Crippen molar-refractivity contribution >= 4 is 27.7 Å². The van der Waals surface area contributed by atoms with Gasteiger partial charge >= 0.3 is 0 Å². The number of benzene rings is 1. The van der Waals surface area contributed by atoms with Crippen LogP contribution in [0.4, 0.5) is 0 Å². The standard InChI is InChI=1S/C22H32BrN3O2/c1-3-24(4-2)22(28)20(17-8-5-6-9-17)25-12-14-26(15-13-25)21(27)18-10-7-11-19(23)16-18/h7,10-11,16-17,20H,3-6,8-9,12-15H2,1-2H3/t20-/m1/s1. The minimum absolute atomic E-state index is 0.0227. The summed E-state index contributed by atoms with van der Waals surface area (Å²) in [4.78, 5) is 32.3. The minimum Gasteiger partial charge on any atom is -0.342 e. The van der Waals surface area contributed by atoms with Gasteiger partial charge in [-0.1, -0.05) is 34.8 Å². The van der Waals surface area contributed by atoms with Gasteiger partial charge in [0.1, 0.15) is 0 Å². The molecule has 0 N–H and O–H groups in total. The van der Waals surface area contributed by atoms with Gasteiger partial charge in [0.05, 0.1) is 6.04 Å². The zero-order valence-electron chi connectivity index (χ0n) is 17.1. The molecule has 0 bridgehead atoms. The molecule has 154 valence electrons. The molecule has 2 aliphatic rings. The third kappa shape index (κ3) is 4.77. The van der Waals surface area contributed by atoms with Crippen LogP contribution in [-0.4, -0.2) is 71.8 Å². The molecule has 0 spiro atoms. The highest BCUT2D eigenvalue weighted by atomic mass is 79.9. The number of halogens is 1. The molecular formula is C22H32BrN3O2. The van der Waals surface area contributed by atoms with Gasteiger partial charge in [0, 0.05) is 49.3 Å². The van der Waals surface area contributed by atoms with Gasteiger partial charge in [-0.2, -0.15) is 0 Å². The van der Waals surface area contributed by atoms with Crippen molar-refractivity contribution < 1.29 is 9.59 Å². The van der Waals surface area contributed by atoms with E-state index in [0.717, 1.165) is 49.1 Å². The maximum Gasteiger partial charge on any atom is 0.253 e. The first-order valence-electron chi connectivity index (χ1n) is 10.6. The third-order valence-electron chi connectivity index (χ3n) is 6.24. The Morgan fingerprint density at radius 1 is 1.11 bits per heavy atom. The lowest BCUT2D eigenvalue weighted by atomic mass is 9.94. The Bertz CT molecular complexity index is 678. The predicted octanol–water partition coefficient (Wildman–Crippen LogP) is 3.63. The molecule has 6 heteroatoms. The van der Waals surface area contributed by atoms with Crippen molar-refractivity contribution in [1.82, 2.24) is 14.7 Å². The maximum absolute atomic E-state index is 13.3. The summed E-state index contributed by atoms with van der Waals surface area (Å²) in [5, 5.41) is 0. The minimum atomic E-state index is -0.0227. The summed E-state index contributed by atoms with van der Waals surface area (Å²) in [6.07, 6.45) is 4.76. The average Bonchev–Trinajstić information content (AvgIpc) is 3.23. The number of rotatable bonds is 6. The molecule has 2 fully saturated rings. The van der Waals surface area contributed by atoms with E-state index >= 15 is 0 Å². The normalized spacial score (nSPS) is 19.6. The maximum atomic E-state index is 13.3. The molecule has 1 aromatic rings. The Morgan fingerprint density at radius 3 is 2.32 bits per heavy atom. The van der Waals surface area contributed by atoms with E-state index in [0.29, 0.717) is 19.0 Å². The molecule has 1 atom stereocenters. The largest absolute Gasteiger partial charge is 0.342 e. The van der Waals surface area contributed by atoms with Crippen molar-refractivity contribution in [2.24, 2.45) is 5.92 Å². The second kappa shape index (κ2) is 9.88. The summed E-state index contributed by atoms with van der Waals surface area (Å²) < 4.78 is 0.920. The molecule has 1 saturated carbocycles. The molecule has 0 unspecified atom stereocenters. The van der Waals surface area contributed by atoms with Crippen molar-refractivity contribution in [3.63, 3.8) is 0 Å². The molecule has 2 amide bonds. The lowest BCUT2D eigenvalue weighted by Crippen LogP contribution is -2.58. The second-order valence-corrected chi connectivity index (χ2v) is 8.75.